The van der Waals surface area contributed by atoms with Gasteiger partial charge in [-0.1, -0.05) is 6.42 Å². The molecule has 0 bridgehead atoms. The molecule has 1 fully saturated rings. The number of alkyl halides is 3. The van der Waals surface area contributed by atoms with E-state index in [0.29, 0.717) is 12.8 Å². The minimum Gasteiger partial charge on any atom is -0.469 e. The van der Waals surface area contributed by atoms with Crippen LogP contribution in [-0.2, 0) is 6.42 Å². The Bertz CT molecular complexity index is 375. The molecular formula is C14H20F3NO. The minimum absolute atomic E-state index is 0.0521. The lowest BCUT2D eigenvalue weighted by molar-refractivity contribution is -0.186. The zero-order valence-corrected chi connectivity index (χ0v) is 11.0. The fraction of sp³-hybridized carbons (Fsp3) is 0.714. The van der Waals surface area contributed by atoms with Crippen LogP contribution in [0.25, 0.3) is 0 Å². The average Bonchev–Trinajstić information content (AvgIpc) is 2.88. The molecule has 108 valence electrons. The molecule has 2 rings (SSSR count). The molecule has 1 aliphatic rings. The molecule has 0 saturated heterocycles. The predicted octanol–water partition coefficient (Wildman–Crippen LogP) is 3.78. The third-order valence-electron chi connectivity index (χ3n) is 4.12. The van der Waals surface area contributed by atoms with Gasteiger partial charge in [0.2, 0.25) is 0 Å². The monoisotopic (exact) mass is 275 g/mol. The summed E-state index contributed by atoms with van der Waals surface area (Å²) >= 11 is 0. The molecule has 1 aromatic heterocycles. The number of furan rings is 1. The van der Waals surface area contributed by atoms with E-state index < -0.39 is 12.1 Å². The molecule has 1 saturated carbocycles. The van der Waals surface area contributed by atoms with Crippen LogP contribution in [0.5, 0.6) is 0 Å². The molecule has 0 radical (unpaired) electrons. The smallest absolute Gasteiger partial charge is 0.391 e. The van der Waals surface area contributed by atoms with Crippen molar-refractivity contribution in [3.05, 3.63) is 24.2 Å². The van der Waals surface area contributed by atoms with Gasteiger partial charge in [0.25, 0.3) is 0 Å². The number of hydrogen-bond donors (Lipinski definition) is 1. The van der Waals surface area contributed by atoms with E-state index >= 15 is 0 Å². The second-order valence-electron chi connectivity index (χ2n) is 5.34. The summed E-state index contributed by atoms with van der Waals surface area (Å²) < 4.78 is 43.7. The Morgan fingerprint density at radius 2 is 2.21 bits per heavy atom. The van der Waals surface area contributed by atoms with Crippen LogP contribution in [0.3, 0.4) is 0 Å². The van der Waals surface area contributed by atoms with Gasteiger partial charge in [0.05, 0.1) is 12.2 Å². The number of likely N-dealkylation sites (N-methyl/N-ethyl adjacent to an activating group) is 1. The molecule has 0 aliphatic heterocycles. The second kappa shape index (κ2) is 5.99. The first kappa shape index (κ1) is 14.4. The van der Waals surface area contributed by atoms with Gasteiger partial charge in [-0.2, -0.15) is 13.2 Å². The predicted molar refractivity (Wildman–Crippen MR) is 66.8 cm³/mol. The number of nitrogens with one attached hydrogen (secondary N) is 1. The molecule has 2 nitrogen and oxygen atoms in total. The number of halogens is 3. The first-order valence-electron chi connectivity index (χ1n) is 6.77. The van der Waals surface area contributed by atoms with Crippen molar-refractivity contribution < 1.29 is 17.6 Å². The van der Waals surface area contributed by atoms with Crippen LogP contribution in [0.2, 0.25) is 0 Å². The van der Waals surface area contributed by atoms with Gasteiger partial charge < -0.3 is 9.73 Å². The maximum absolute atomic E-state index is 12.8. The summed E-state index contributed by atoms with van der Waals surface area (Å²) in [7, 11) is 1.81. The van der Waals surface area contributed by atoms with E-state index in [1.807, 2.05) is 13.1 Å². The van der Waals surface area contributed by atoms with Crippen molar-refractivity contribution in [2.75, 3.05) is 7.05 Å². The van der Waals surface area contributed by atoms with Crippen LogP contribution in [0, 0.1) is 11.8 Å². The standard InChI is InChI=1S/C14H20F3NO/c1-18-13(9-12-6-3-7-19-12)10-4-2-5-11(8-10)14(15,16)17/h3,6-7,10-11,13,18H,2,4-5,8-9H2,1H3. The minimum atomic E-state index is -4.05. The summed E-state index contributed by atoms with van der Waals surface area (Å²) in [5, 5.41) is 3.15. The number of rotatable bonds is 4. The Morgan fingerprint density at radius 3 is 2.79 bits per heavy atom. The second-order valence-corrected chi connectivity index (χ2v) is 5.34. The molecule has 3 atom stereocenters. The van der Waals surface area contributed by atoms with E-state index in [9.17, 15) is 13.2 Å². The summed E-state index contributed by atoms with van der Waals surface area (Å²) in [6.45, 7) is 0. The largest absolute Gasteiger partial charge is 0.469 e. The van der Waals surface area contributed by atoms with E-state index in [4.69, 9.17) is 4.42 Å². The molecule has 0 aromatic carbocycles. The maximum atomic E-state index is 12.8. The van der Waals surface area contributed by atoms with Gasteiger partial charge >= 0.3 is 6.18 Å². The lowest BCUT2D eigenvalue weighted by atomic mass is 9.76. The zero-order valence-electron chi connectivity index (χ0n) is 11.0. The van der Waals surface area contributed by atoms with Crippen molar-refractivity contribution in [1.29, 1.82) is 0 Å². The van der Waals surface area contributed by atoms with Crippen LogP contribution < -0.4 is 5.32 Å². The van der Waals surface area contributed by atoms with Crippen LogP contribution >= 0.6 is 0 Å². The molecule has 0 spiro atoms. The van der Waals surface area contributed by atoms with Crippen LogP contribution in [0.15, 0.2) is 22.8 Å². The zero-order chi connectivity index (χ0) is 13.9. The molecule has 1 heterocycles. The van der Waals surface area contributed by atoms with Crippen molar-refractivity contribution in [3.63, 3.8) is 0 Å². The maximum Gasteiger partial charge on any atom is 0.391 e. The third kappa shape index (κ3) is 3.75. The SMILES string of the molecule is CNC(Cc1ccco1)C1CCCC(C(F)(F)F)C1. The van der Waals surface area contributed by atoms with Gasteiger partial charge in [-0.3, -0.25) is 0 Å². The highest BCUT2D eigenvalue weighted by Gasteiger charge is 2.43. The van der Waals surface area contributed by atoms with Gasteiger partial charge in [-0.25, -0.2) is 0 Å². The van der Waals surface area contributed by atoms with Crippen molar-refractivity contribution >= 4 is 0 Å². The summed E-state index contributed by atoms with van der Waals surface area (Å²) in [6.07, 6.45) is 0.221. The highest BCUT2D eigenvalue weighted by Crippen LogP contribution is 2.41. The van der Waals surface area contributed by atoms with Crippen LogP contribution in [-0.4, -0.2) is 19.3 Å². The lowest BCUT2D eigenvalue weighted by Gasteiger charge is -2.35. The Hall–Kier alpha value is -0.970. The van der Waals surface area contributed by atoms with E-state index in [0.717, 1.165) is 12.2 Å². The Morgan fingerprint density at radius 1 is 1.42 bits per heavy atom. The Balaban J connectivity index is 1.98. The molecule has 1 N–H and O–H groups in total. The van der Waals surface area contributed by atoms with E-state index in [2.05, 4.69) is 5.32 Å². The summed E-state index contributed by atoms with van der Waals surface area (Å²) in [6, 6.07) is 3.73. The van der Waals surface area contributed by atoms with E-state index in [-0.39, 0.29) is 24.8 Å². The molecule has 0 amide bonds. The third-order valence-corrected chi connectivity index (χ3v) is 4.12. The Kier molecular flexibility index (Phi) is 4.55. The van der Waals surface area contributed by atoms with Crippen molar-refractivity contribution in [3.8, 4) is 0 Å². The molecule has 1 aliphatic carbocycles. The molecule has 5 heteroatoms. The van der Waals surface area contributed by atoms with Crippen molar-refractivity contribution in [2.45, 2.75) is 44.3 Å². The quantitative estimate of drug-likeness (QED) is 0.904. The first-order chi connectivity index (χ1) is 9.00. The first-order valence-corrected chi connectivity index (χ1v) is 6.77. The fourth-order valence-corrected chi connectivity index (χ4v) is 3.04. The summed E-state index contributed by atoms with van der Waals surface area (Å²) in [4.78, 5) is 0. The Labute approximate surface area is 111 Å². The lowest BCUT2D eigenvalue weighted by Crippen LogP contribution is -2.40. The average molecular weight is 275 g/mol. The molecule has 1 aromatic rings. The van der Waals surface area contributed by atoms with Crippen LogP contribution in [0.4, 0.5) is 13.2 Å². The molecular weight excluding hydrogens is 255 g/mol. The fourth-order valence-electron chi connectivity index (χ4n) is 3.04. The van der Waals surface area contributed by atoms with Gasteiger partial charge in [0, 0.05) is 12.5 Å². The number of hydrogen-bond acceptors (Lipinski definition) is 2. The van der Waals surface area contributed by atoms with Gasteiger partial charge in [-0.05, 0) is 44.4 Å². The van der Waals surface area contributed by atoms with Crippen molar-refractivity contribution in [1.82, 2.24) is 5.32 Å². The van der Waals surface area contributed by atoms with E-state index in [1.54, 1.807) is 12.3 Å². The molecule has 19 heavy (non-hydrogen) atoms. The highest BCUT2D eigenvalue weighted by molar-refractivity contribution is 5.02. The summed E-state index contributed by atoms with van der Waals surface area (Å²) in [5.41, 5.74) is 0. The normalized spacial score (nSPS) is 26.3. The molecule has 3 unspecified atom stereocenters. The van der Waals surface area contributed by atoms with Gasteiger partial charge in [0.1, 0.15) is 5.76 Å². The van der Waals surface area contributed by atoms with Gasteiger partial charge in [-0.15, -0.1) is 0 Å². The topological polar surface area (TPSA) is 25.2 Å². The van der Waals surface area contributed by atoms with E-state index in [1.165, 1.54) is 0 Å². The summed E-state index contributed by atoms with van der Waals surface area (Å²) in [5.74, 6) is -0.248. The van der Waals surface area contributed by atoms with Crippen molar-refractivity contribution in [2.24, 2.45) is 11.8 Å². The highest BCUT2D eigenvalue weighted by atomic mass is 19.4. The van der Waals surface area contributed by atoms with Crippen LogP contribution in [0.1, 0.15) is 31.4 Å². The van der Waals surface area contributed by atoms with Gasteiger partial charge in [0.15, 0.2) is 0 Å².